The number of benzene rings is 2. The zero-order chi connectivity index (χ0) is 18.5. The number of hydrogen-bond donors (Lipinski definition) is 2. The summed E-state index contributed by atoms with van der Waals surface area (Å²) in [5, 5.41) is 10.8. The first-order valence-corrected chi connectivity index (χ1v) is 10.3. The maximum atomic E-state index is 12.5. The number of aromatic nitrogens is 3. The van der Waals surface area contributed by atoms with Crippen molar-refractivity contribution in [3.8, 4) is 0 Å². The lowest BCUT2D eigenvalue weighted by Gasteiger charge is -2.06. The lowest BCUT2D eigenvalue weighted by atomic mass is 10.2. The molecule has 0 bridgehead atoms. The van der Waals surface area contributed by atoms with E-state index in [9.17, 15) is 4.79 Å². The van der Waals surface area contributed by atoms with Crippen LogP contribution in [0.15, 0.2) is 58.3 Å². The fraction of sp³-hybridized carbons (Fsp3) is 0.167. The Hall–Kier alpha value is -2.45. The summed E-state index contributed by atoms with van der Waals surface area (Å²) in [6.07, 6.45) is 4.01. The van der Waals surface area contributed by atoms with Crippen LogP contribution in [0.1, 0.15) is 16.1 Å². The van der Waals surface area contributed by atoms with E-state index in [1.807, 2.05) is 61.0 Å². The third-order valence-electron chi connectivity index (χ3n) is 3.81. The highest BCUT2D eigenvalue weighted by molar-refractivity contribution is 7.98. The van der Waals surface area contributed by atoms with Gasteiger partial charge in [0.15, 0.2) is 11.5 Å². The summed E-state index contributed by atoms with van der Waals surface area (Å²) < 4.78 is 1.53. The molecule has 0 aliphatic rings. The SMILES string of the molecule is CSc1ccc(Cn2nnc(C(=O)Nc3cccc(SC)c3)c2N)cc1. The standard InChI is InChI=1S/C18H19N5OS2/c1-25-14-8-6-12(7-9-14)11-23-17(19)16(21-22-23)18(24)20-13-4-3-5-15(10-13)26-2/h3-10H,11,19H2,1-2H3,(H,20,24). The Morgan fingerprint density at radius 1 is 1.12 bits per heavy atom. The zero-order valence-electron chi connectivity index (χ0n) is 14.5. The van der Waals surface area contributed by atoms with Crippen molar-refractivity contribution in [2.45, 2.75) is 16.3 Å². The fourth-order valence-corrected chi connectivity index (χ4v) is 3.26. The molecule has 1 heterocycles. The van der Waals surface area contributed by atoms with E-state index in [4.69, 9.17) is 5.73 Å². The van der Waals surface area contributed by atoms with Gasteiger partial charge in [-0.15, -0.1) is 28.6 Å². The average Bonchev–Trinajstić information content (AvgIpc) is 3.03. The highest BCUT2D eigenvalue weighted by atomic mass is 32.2. The van der Waals surface area contributed by atoms with Gasteiger partial charge in [0.05, 0.1) is 6.54 Å². The van der Waals surface area contributed by atoms with Crippen LogP contribution in [0.25, 0.3) is 0 Å². The van der Waals surface area contributed by atoms with Crippen molar-refractivity contribution in [1.29, 1.82) is 0 Å². The molecule has 0 saturated carbocycles. The number of carbonyl (C=O) groups is 1. The van der Waals surface area contributed by atoms with Crippen molar-refractivity contribution in [3.63, 3.8) is 0 Å². The first kappa shape index (κ1) is 18.3. The summed E-state index contributed by atoms with van der Waals surface area (Å²) >= 11 is 3.29. The molecule has 0 spiro atoms. The monoisotopic (exact) mass is 385 g/mol. The van der Waals surface area contributed by atoms with Gasteiger partial charge in [-0.2, -0.15) is 0 Å². The maximum Gasteiger partial charge on any atom is 0.280 e. The minimum atomic E-state index is -0.371. The van der Waals surface area contributed by atoms with Crippen LogP contribution in [-0.2, 0) is 6.54 Å². The molecule has 0 fully saturated rings. The van der Waals surface area contributed by atoms with Gasteiger partial charge in [-0.05, 0) is 48.4 Å². The van der Waals surface area contributed by atoms with Crippen molar-refractivity contribution >= 4 is 40.9 Å². The van der Waals surface area contributed by atoms with E-state index in [0.717, 1.165) is 10.5 Å². The Kier molecular flexibility index (Phi) is 5.85. The Morgan fingerprint density at radius 3 is 2.54 bits per heavy atom. The number of rotatable bonds is 6. The number of nitrogens with one attached hydrogen (secondary N) is 1. The Balaban J connectivity index is 1.73. The molecule has 0 aliphatic carbocycles. The van der Waals surface area contributed by atoms with Crippen LogP contribution in [0, 0.1) is 0 Å². The number of amides is 1. The van der Waals surface area contributed by atoms with E-state index in [1.54, 1.807) is 23.5 Å². The molecule has 0 saturated heterocycles. The predicted octanol–water partition coefficient (Wildman–Crippen LogP) is 3.60. The molecule has 3 aromatic rings. The van der Waals surface area contributed by atoms with Gasteiger partial charge in [-0.3, -0.25) is 4.79 Å². The highest BCUT2D eigenvalue weighted by Gasteiger charge is 2.18. The van der Waals surface area contributed by atoms with Crippen molar-refractivity contribution in [2.24, 2.45) is 0 Å². The first-order chi connectivity index (χ1) is 12.6. The second-order valence-corrected chi connectivity index (χ2v) is 7.27. The van der Waals surface area contributed by atoms with Crippen molar-refractivity contribution in [2.75, 3.05) is 23.6 Å². The highest BCUT2D eigenvalue weighted by Crippen LogP contribution is 2.20. The number of carbonyl (C=O) groups excluding carboxylic acids is 1. The quantitative estimate of drug-likeness (QED) is 0.631. The largest absolute Gasteiger partial charge is 0.382 e. The second-order valence-electron chi connectivity index (χ2n) is 5.52. The van der Waals surface area contributed by atoms with Crippen LogP contribution in [0.3, 0.4) is 0 Å². The number of hydrogen-bond acceptors (Lipinski definition) is 6. The van der Waals surface area contributed by atoms with Crippen molar-refractivity contribution in [3.05, 3.63) is 59.8 Å². The van der Waals surface area contributed by atoms with Gasteiger partial charge in [0, 0.05) is 15.5 Å². The smallest absolute Gasteiger partial charge is 0.280 e. The normalized spacial score (nSPS) is 10.7. The van der Waals surface area contributed by atoms with Crippen LogP contribution in [-0.4, -0.2) is 33.4 Å². The fourth-order valence-electron chi connectivity index (χ4n) is 2.39. The molecule has 6 nitrogen and oxygen atoms in total. The van der Waals surface area contributed by atoms with E-state index in [-0.39, 0.29) is 17.4 Å². The second kappa shape index (κ2) is 8.29. The Morgan fingerprint density at radius 2 is 1.85 bits per heavy atom. The topological polar surface area (TPSA) is 85.8 Å². The molecule has 26 heavy (non-hydrogen) atoms. The maximum absolute atomic E-state index is 12.5. The van der Waals surface area contributed by atoms with Crippen LogP contribution in [0.5, 0.6) is 0 Å². The minimum Gasteiger partial charge on any atom is -0.382 e. The van der Waals surface area contributed by atoms with Gasteiger partial charge in [0.2, 0.25) is 0 Å². The summed E-state index contributed by atoms with van der Waals surface area (Å²) in [4.78, 5) is 14.7. The molecule has 134 valence electrons. The molecule has 8 heteroatoms. The zero-order valence-corrected chi connectivity index (χ0v) is 16.1. The first-order valence-electron chi connectivity index (χ1n) is 7.88. The van der Waals surface area contributed by atoms with Gasteiger partial charge in [-0.25, -0.2) is 4.68 Å². The summed E-state index contributed by atoms with van der Waals surface area (Å²) in [5.74, 6) is -0.123. The number of nitrogens with two attached hydrogens (primary N) is 1. The predicted molar refractivity (Wildman–Crippen MR) is 108 cm³/mol. The summed E-state index contributed by atoms with van der Waals surface area (Å²) in [6.45, 7) is 0.461. The summed E-state index contributed by atoms with van der Waals surface area (Å²) in [5.41, 5.74) is 7.95. The van der Waals surface area contributed by atoms with Crippen LogP contribution in [0.2, 0.25) is 0 Å². The molecule has 3 N–H and O–H groups in total. The van der Waals surface area contributed by atoms with Crippen LogP contribution < -0.4 is 11.1 Å². The molecule has 0 atom stereocenters. The van der Waals surface area contributed by atoms with Crippen LogP contribution >= 0.6 is 23.5 Å². The van der Waals surface area contributed by atoms with E-state index in [0.29, 0.717) is 12.2 Å². The number of nitrogens with zero attached hydrogens (tertiary/aromatic N) is 3. The van der Waals surface area contributed by atoms with E-state index < -0.39 is 0 Å². The number of nitrogen functional groups attached to an aromatic ring is 1. The van der Waals surface area contributed by atoms with Gasteiger partial charge in [0.25, 0.3) is 5.91 Å². The van der Waals surface area contributed by atoms with Gasteiger partial charge < -0.3 is 11.1 Å². The third-order valence-corrected chi connectivity index (χ3v) is 5.28. The molecular weight excluding hydrogens is 366 g/mol. The van der Waals surface area contributed by atoms with Crippen LogP contribution in [0.4, 0.5) is 11.5 Å². The molecule has 0 unspecified atom stereocenters. The van der Waals surface area contributed by atoms with E-state index in [1.165, 1.54) is 9.58 Å². The molecule has 0 aliphatic heterocycles. The summed E-state index contributed by atoms with van der Waals surface area (Å²) in [7, 11) is 0. The molecule has 2 aromatic carbocycles. The van der Waals surface area contributed by atoms with Crippen molar-refractivity contribution in [1.82, 2.24) is 15.0 Å². The van der Waals surface area contributed by atoms with Gasteiger partial charge in [-0.1, -0.05) is 23.4 Å². The lowest BCUT2D eigenvalue weighted by molar-refractivity contribution is 0.102. The molecule has 3 rings (SSSR count). The lowest BCUT2D eigenvalue weighted by Crippen LogP contribution is -2.15. The summed E-state index contributed by atoms with van der Waals surface area (Å²) in [6, 6.07) is 15.7. The molecule has 0 radical (unpaired) electrons. The van der Waals surface area contributed by atoms with Gasteiger partial charge >= 0.3 is 0 Å². The average molecular weight is 386 g/mol. The number of anilines is 2. The molecular formula is C18H19N5OS2. The Labute approximate surface area is 160 Å². The van der Waals surface area contributed by atoms with Crippen molar-refractivity contribution < 1.29 is 4.79 Å². The van der Waals surface area contributed by atoms with E-state index in [2.05, 4.69) is 15.6 Å². The minimum absolute atomic E-state index is 0.125. The van der Waals surface area contributed by atoms with E-state index >= 15 is 0 Å². The Bertz CT molecular complexity index is 908. The molecule has 1 amide bonds. The van der Waals surface area contributed by atoms with Gasteiger partial charge in [0.1, 0.15) is 0 Å². The number of thioether (sulfide) groups is 2. The molecule has 1 aromatic heterocycles. The third kappa shape index (κ3) is 4.20.